The van der Waals surface area contributed by atoms with Gasteiger partial charge in [-0.25, -0.2) is 4.98 Å². The summed E-state index contributed by atoms with van der Waals surface area (Å²) in [6.07, 6.45) is 14.9. The van der Waals surface area contributed by atoms with Gasteiger partial charge in [0.15, 0.2) is 0 Å². The van der Waals surface area contributed by atoms with E-state index < -0.39 is 5.97 Å². The van der Waals surface area contributed by atoms with E-state index in [4.69, 9.17) is 15.1 Å². The Hall–Kier alpha value is -4.37. The van der Waals surface area contributed by atoms with E-state index in [1.54, 1.807) is 0 Å². The minimum atomic E-state index is -0.897. The summed E-state index contributed by atoms with van der Waals surface area (Å²) < 4.78 is 1.89. The number of benzene rings is 1. The Morgan fingerprint density at radius 2 is 1.62 bits per heavy atom. The van der Waals surface area contributed by atoms with E-state index in [1.807, 2.05) is 40.0 Å². The third-order valence-electron chi connectivity index (χ3n) is 10.0. The highest BCUT2D eigenvalue weighted by molar-refractivity contribution is 5.90. The average Bonchev–Trinajstić information content (AvgIpc) is 3.63. The summed E-state index contributed by atoms with van der Waals surface area (Å²) in [5, 5.41) is 35.3. The predicted molar refractivity (Wildman–Crippen MR) is 205 cm³/mol. The summed E-state index contributed by atoms with van der Waals surface area (Å²) in [5.41, 5.74) is 1.67. The molecule has 0 bridgehead atoms. The summed E-state index contributed by atoms with van der Waals surface area (Å²) in [6, 6.07) is 8.86. The molecule has 0 spiro atoms. The Kier molecular flexibility index (Phi) is 16.5. The molecule has 3 heterocycles. The number of hydrogen-bond donors (Lipinski definition) is 6. The Balaban J connectivity index is 0.982. The van der Waals surface area contributed by atoms with Gasteiger partial charge in [-0.3, -0.25) is 19.1 Å². The molecule has 0 radical (unpaired) electrons. The van der Waals surface area contributed by atoms with Gasteiger partial charge in [0, 0.05) is 62.9 Å². The van der Waals surface area contributed by atoms with Crippen molar-refractivity contribution in [2.45, 2.75) is 121 Å². The monoisotopic (exact) mass is 733 g/mol. The van der Waals surface area contributed by atoms with E-state index >= 15 is 0 Å². The van der Waals surface area contributed by atoms with Crippen LogP contribution in [-0.2, 0) is 27.5 Å². The zero-order chi connectivity index (χ0) is 37.1. The summed E-state index contributed by atoms with van der Waals surface area (Å²) >= 11 is 0. The van der Waals surface area contributed by atoms with Crippen LogP contribution in [0.2, 0.25) is 0 Å². The topological polar surface area (TPSA) is 191 Å². The maximum atomic E-state index is 12.8. The first-order chi connectivity index (χ1) is 25.9. The Morgan fingerprint density at radius 1 is 0.811 bits per heavy atom. The number of nitrogens with zero attached hydrogens (tertiary/aromatic N) is 6. The van der Waals surface area contributed by atoms with Crippen LogP contribution in [0, 0.1) is 0 Å². The van der Waals surface area contributed by atoms with Crippen LogP contribution in [0.5, 0.6) is 0 Å². The van der Waals surface area contributed by atoms with Crippen LogP contribution in [0.15, 0.2) is 30.5 Å². The third kappa shape index (κ3) is 14.2. The van der Waals surface area contributed by atoms with Crippen molar-refractivity contribution in [2.75, 3.05) is 49.9 Å². The quantitative estimate of drug-likeness (QED) is 0.0768. The van der Waals surface area contributed by atoms with Gasteiger partial charge in [0.2, 0.25) is 17.8 Å². The molecule has 1 saturated carbocycles. The number of fused-ring (bicyclic) bond motifs is 1. The van der Waals surface area contributed by atoms with Crippen molar-refractivity contribution in [3.8, 4) is 0 Å². The first-order valence-corrected chi connectivity index (χ1v) is 19.8. The van der Waals surface area contributed by atoms with Gasteiger partial charge in [0.05, 0.1) is 18.3 Å². The number of carboxylic acids is 1. The number of aliphatic carboxylic acids is 1. The van der Waals surface area contributed by atoms with E-state index in [0.717, 1.165) is 80.3 Å². The number of carboxylic acid groups (broad SMARTS) is 1. The predicted octanol–water partition coefficient (Wildman–Crippen LogP) is 4.07. The van der Waals surface area contributed by atoms with Crippen molar-refractivity contribution < 1.29 is 19.5 Å². The molecule has 3 aromatic rings. The van der Waals surface area contributed by atoms with Gasteiger partial charge in [-0.15, -0.1) is 5.10 Å². The van der Waals surface area contributed by atoms with E-state index in [0.29, 0.717) is 57.8 Å². The van der Waals surface area contributed by atoms with Crippen LogP contribution in [0.1, 0.15) is 102 Å². The molecule has 1 aliphatic heterocycles. The summed E-state index contributed by atoms with van der Waals surface area (Å²) in [6.45, 7) is 6.18. The van der Waals surface area contributed by atoms with E-state index in [1.165, 1.54) is 32.1 Å². The number of rotatable bonds is 23. The molecule has 2 fully saturated rings. The van der Waals surface area contributed by atoms with Crippen LogP contribution >= 0.6 is 0 Å². The van der Waals surface area contributed by atoms with Crippen molar-refractivity contribution >= 4 is 40.5 Å². The van der Waals surface area contributed by atoms with Gasteiger partial charge in [0.25, 0.3) is 0 Å². The van der Waals surface area contributed by atoms with Crippen molar-refractivity contribution in [2.24, 2.45) is 0 Å². The second kappa shape index (κ2) is 22.0. The second-order valence-electron chi connectivity index (χ2n) is 14.3. The number of hydrogen-bond acceptors (Lipinski definition) is 11. The SMILES string of the molecule is O=C(O)CCCC(=O)NCCCCC(=O)N1CCC(Nc2nc(NCc3cn(CCCNCCCNC4CCCCC4)nn3)nc3ccccc23)CC1. The van der Waals surface area contributed by atoms with E-state index in [-0.39, 0.29) is 30.7 Å². The zero-order valence-electron chi connectivity index (χ0n) is 31.2. The molecule has 2 amide bonds. The van der Waals surface area contributed by atoms with Gasteiger partial charge in [-0.1, -0.05) is 36.6 Å². The fourth-order valence-corrected chi connectivity index (χ4v) is 7.02. The summed E-state index contributed by atoms with van der Waals surface area (Å²) in [4.78, 5) is 46.7. The lowest BCUT2D eigenvalue weighted by Gasteiger charge is -2.33. The number of likely N-dealkylation sites (tertiary alicyclic amines) is 1. The maximum absolute atomic E-state index is 12.8. The number of aryl methyl sites for hydroxylation is 1. The van der Waals surface area contributed by atoms with Crippen LogP contribution in [0.4, 0.5) is 11.8 Å². The number of amides is 2. The molecular weight excluding hydrogens is 674 g/mol. The number of anilines is 2. The van der Waals surface area contributed by atoms with E-state index in [2.05, 4.69) is 36.9 Å². The minimum absolute atomic E-state index is 0.00852. The lowest BCUT2D eigenvalue weighted by Crippen LogP contribution is -2.42. The summed E-state index contributed by atoms with van der Waals surface area (Å²) in [7, 11) is 0. The van der Waals surface area contributed by atoms with Crippen LogP contribution < -0.4 is 26.6 Å². The molecule has 1 aliphatic carbocycles. The van der Waals surface area contributed by atoms with Crippen LogP contribution in [0.3, 0.4) is 0 Å². The number of aromatic nitrogens is 5. The number of carbonyl (C=O) groups excluding carboxylic acids is 2. The fourth-order valence-electron chi connectivity index (χ4n) is 7.02. The third-order valence-corrected chi connectivity index (χ3v) is 10.0. The molecule has 0 unspecified atom stereocenters. The van der Waals surface area contributed by atoms with Crippen molar-refractivity contribution in [1.82, 2.24) is 45.8 Å². The molecule has 2 aliphatic rings. The fraction of sp³-hybridized carbons (Fsp3) is 0.658. The molecular formula is C38H59N11O4. The lowest BCUT2D eigenvalue weighted by molar-refractivity contribution is -0.137. The normalized spacial score (nSPS) is 15.4. The molecule has 53 heavy (non-hydrogen) atoms. The van der Waals surface area contributed by atoms with E-state index in [9.17, 15) is 14.4 Å². The first kappa shape index (κ1) is 39.8. The lowest BCUT2D eigenvalue weighted by atomic mass is 9.95. The Labute approximate surface area is 312 Å². The molecule has 15 nitrogen and oxygen atoms in total. The highest BCUT2D eigenvalue weighted by atomic mass is 16.4. The van der Waals surface area contributed by atoms with Crippen molar-refractivity contribution in [1.29, 1.82) is 0 Å². The van der Waals surface area contributed by atoms with Gasteiger partial charge < -0.3 is 36.6 Å². The number of carbonyl (C=O) groups is 3. The number of unbranched alkanes of at least 4 members (excludes halogenated alkanes) is 1. The standard InChI is InChI=1S/C38H59N11O4/c50-34(15-8-17-36(52)53)41-22-7-6-16-35(51)48-25-18-30(19-26-48)43-37-32-13-4-5-14-33(32)44-38(45-37)42-27-31-28-49(47-46-31)24-10-21-39-20-9-23-40-29-11-2-1-3-12-29/h4-5,13-14,28-30,39-40H,1-3,6-12,15-27H2,(H,41,50)(H,52,53)(H2,42,43,44,45). The van der Waals surface area contributed by atoms with Crippen LogP contribution in [0.25, 0.3) is 10.9 Å². The molecule has 2 aromatic heterocycles. The molecule has 6 N–H and O–H groups in total. The zero-order valence-corrected chi connectivity index (χ0v) is 31.2. The molecule has 15 heteroatoms. The number of piperidine rings is 1. The highest BCUT2D eigenvalue weighted by Gasteiger charge is 2.23. The molecule has 5 rings (SSSR count). The minimum Gasteiger partial charge on any atom is -0.481 e. The van der Waals surface area contributed by atoms with Gasteiger partial charge >= 0.3 is 5.97 Å². The van der Waals surface area contributed by atoms with Gasteiger partial charge in [0.1, 0.15) is 11.5 Å². The number of para-hydroxylation sites is 1. The molecule has 0 atom stereocenters. The molecule has 290 valence electrons. The van der Waals surface area contributed by atoms with Gasteiger partial charge in [-0.05, 0) is 89.6 Å². The largest absolute Gasteiger partial charge is 0.481 e. The summed E-state index contributed by atoms with van der Waals surface area (Å²) in [5.74, 6) is 0.387. The second-order valence-corrected chi connectivity index (χ2v) is 14.3. The van der Waals surface area contributed by atoms with Gasteiger partial charge in [-0.2, -0.15) is 4.98 Å². The molecule has 1 saturated heterocycles. The number of nitrogens with one attached hydrogen (secondary N) is 5. The van der Waals surface area contributed by atoms with Crippen LogP contribution in [-0.4, -0.2) is 104 Å². The highest BCUT2D eigenvalue weighted by Crippen LogP contribution is 2.25. The Morgan fingerprint density at radius 3 is 2.45 bits per heavy atom. The Bertz CT molecular complexity index is 1570. The smallest absolute Gasteiger partial charge is 0.303 e. The molecule has 1 aromatic carbocycles. The first-order valence-electron chi connectivity index (χ1n) is 19.8. The van der Waals surface area contributed by atoms with Crippen molar-refractivity contribution in [3.63, 3.8) is 0 Å². The van der Waals surface area contributed by atoms with Crippen molar-refractivity contribution in [3.05, 3.63) is 36.2 Å². The average molecular weight is 734 g/mol. The maximum Gasteiger partial charge on any atom is 0.303 e.